The van der Waals surface area contributed by atoms with E-state index in [2.05, 4.69) is 10.6 Å². The Hall–Kier alpha value is -2.60. The predicted molar refractivity (Wildman–Crippen MR) is 93.0 cm³/mol. The molecule has 0 unspecified atom stereocenters. The lowest BCUT2D eigenvalue weighted by Crippen LogP contribution is -2.37. The van der Waals surface area contributed by atoms with Gasteiger partial charge in [0.2, 0.25) is 0 Å². The van der Waals surface area contributed by atoms with Gasteiger partial charge < -0.3 is 14.8 Å². The molecular formula is C17H18N2O3S. The molecule has 0 radical (unpaired) electrons. The Bertz CT molecular complexity index is 645. The lowest BCUT2D eigenvalue weighted by Gasteiger charge is -2.09. The molecule has 23 heavy (non-hydrogen) atoms. The van der Waals surface area contributed by atoms with Crippen LogP contribution < -0.4 is 20.1 Å². The number of rotatable bonds is 6. The van der Waals surface area contributed by atoms with E-state index in [0.717, 1.165) is 5.75 Å². The van der Waals surface area contributed by atoms with Crippen molar-refractivity contribution in [2.45, 2.75) is 0 Å². The smallest absolute Gasteiger partial charge is 0.257 e. The zero-order valence-electron chi connectivity index (χ0n) is 12.7. The molecule has 0 saturated heterocycles. The van der Waals surface area contributed by atoms with E-state index >= 15 is 0 Å². The standard InChI is InChI=1S/C17H18N2O3S/c1-18-17(23)19-16(20)13-7-9-15(10-8-13)22-12-11-21-14-5-3-2-4-6-14/h2-10H,11-12H2,1H3,(H2,18,19,20,23). The van der Waals surface area contributed by atoms with E-state index in [9.17, 15) is 4.79 Å². The summed E-state index contributed by atoms with van der Waals surface area (Å²) in [6, 6.07) is 16.4. The summed E-state index contributed by atoms with van der Waals surface area (Å²) >= 11 is 4.89. The van der Waals surface area contributed by atoms with Gasteiger partial charge in [-0.25, -0.2) is 0 Å². The summed E-state index contributed by atoms with van der Waals surface area (Å²) < 4.78 is 11.1. The Kier molecular flexibility index (Phi) is 6.38. The molecule has 0 aliphatic rings. The van der Waals surface area contributed by atoms with Gasteiger partial charge in [0.1, 0.15) is 24.7 Å². The van der Waals surface area contributed by atoms with Crippen LogP contribution in [0.2, 0.25) is 0 Å². The molecule has 0 heterocycles. The minimum Gasteiger partial charge on any atom is -0.490 e. The molecule has 0 fully saturated rings. The molecule has 0 bridgehead atoms. The second-order valence-corrected chi connectivity index (χ2v) is 4.98. The quantitative estimate of drug-likeness (QED) is 0.629. The molecule has 0 spiro atoms. The van der Waals surface area contributed by atoms with Crippen LogP contribution >= 0.6 is 12.2 Å². The fraction of sp³-hybridized carbons (Fsp3) is 0.176. The Morgan fingerprint density at radius 3 is 2.09 bits per heavy atom. The molecule has 2 rings (SSSR count). The fourth-order valence-electron chi connectivity index (χ4n) is 1.78. The maximum Gasteiger partial charge on any atom is 0.257 e. The Morgan fingerprint density at radius 1 is 0.957 bits per heavy atom. The molecule has 120 valence electrons. The highest BCUT2D eigenvalue weighted by atomic mass is 32.1. The maximum absolute atomic E-state index is 11.8. The summed E-state index contributed by atoms with van der Waals surface area (Å²) in [5.74, 6) is 1.22. The number of para-hydroxylation sites is 1. The van der Waals surface area contributed by atoms with E-state index in [4.69, 9.17) is 21.7 Å². The zero-order chi connectivity index (χ0) is 16.5. The molecule has 2 aromatic carbocycles. The predicted octanol–water partition coefficient (Wildman–Crippen LogP) is 2.38. The summed E-state index contributed by atoms with van der Waals surface area (Å²) in [6.07, 6.45) is 0. The Labute approximate surface area is 140 Å². The highest BCUT2D eigenvalue weighted by Crippen LogP contribution is 2.13. The number of hydrogen-bond donors (Lipinski definition) is 2. The Morgan fingerprint density at radius 2 is 1.52 bits per heavy atom. The van der Waals surface area contributed by atoms with E-state index in [-0.39, 0.29) is 11.0 Å². The van der Waals surface area contributed by atoms with E-state index in [0.29, 0.717) is 24.5 Å². The topological polar surface area (TPSA) is 59.6 Å². The van der Waals surface area contributed by atoms with Gasteiger partial charge in [0, 0.05) is 12.6 Å². The third kappa shape index (κ3) is 5.60. The molecule has 0 aliphatic carbocycles. The van der Waals surface area contributed by atoms with Crippen molar-refractivity contribution in [1.29, 1.82) is 0 Å². The molecule has 1 amide bonds. The number of hydrogen-bond acceptors (Lipinski definition) is 4. The first-order valence-corrected chi connectivity index (χ1v) is 7.53. The minimum absolute atomic E-state index is 0.261. The summed E-state index contributed by atoms with van der Waals surface area (Å²) in [5.41, 5.74) is 0.510. The number of carbonyl (C=O) groups is 1. The van der Waals surface area contributed by atoms with Gasteiger partial charge in [0.25, 0.3) is 5.91 Å². The molecule has 2 N–H and O–H groups in total. The third-order valence-electron chi connectivity index (χ3n) is 2.93. The largest absolute Gasteiger partial charge is 0.490 e. The molecular weight excluding hydrogens is 312 g/mol. The number of nitrogens with one attached hydrogen (secondary N) is 2. The average Bonchev–Trinajstić information content (AvgIpc) is 2.60. The average molecular weight is 330 g/mol. The van der Waals surface area contributed by atoms with Crippen molar-refractivity contribution in [3.8, 4) is 11.5 Å². The SMILES string of the molecule is CNC(=S)NC(=O)c1ccc(OCCOc2ccccc2)cc1. The van der Waals surface area contributed by atoms with Crippen LogP contribution in [0.1, 0.15) is 10.4 Å². The first-order valence-electron chi connectivity index (χ1n) is 7.13. The number of thiocarbonyl (C=S) groups is 1. The molecule has 0 aromatic heterocycles. The molecule has 0 saturated carbocycles. The summed E-state index contributed by atoms with van der Waals surface area (Å²) in [5, 5.41) is 5.53. The van der Waals surface area contributed by atoms with Gasteiger partial charge in [-0.1, -0.05) is 18.2 Å². The van der Waals surface area contributed by atoms with Gasteiger partial charge in [-0.05, 0) is 48.6 Å². The number of ether oxygens (including phenoxy) is 2. The zero-order valence-corrected chi connectivity index (χ0v) is 13.6. The summed E-state index contributed by atoms with van der Waals surface area (Å²) in [4.78, 5) is 11.8. The van der Waals surface area contributed by atoms with Crippen molar-refractivity contribution in [2.24, 2.45) is 0 Å². The van der Waals surface area contributed by atoms with E-state index in [1.807, 2.05) is 30.3 Å². The van der Waals surface area contributed by atoms with Crippen molar-refractivity contribution in [1.82, 2.24) is 10.6 Å². The Balaban J connectivity index is 1.76. The lowest BCUT2D eigenvalue weighted by molar-refractivity contribution is 0.0976. The van der Waals surface area contributed by atoms with Gasteiger partial charge in [-0.3, -0.25) is 10.1 Å². The van der Waals surface area contributed by atoms with Crippen LogP contribution in [-0.2, 0) is 0 Å². The van der Waals surface area contributed by atoms with Crippen molar-refractivity contribution >= 4 is 23.2 Å². The van der Waals surface area contributed by atoms with Gasteiger partial charge in [-0.2, -0.15) is 0 Å². The normalized spacial score (nSPS) is 9.78. The highest BCUT2D eigenvalue weighted by Gasteiger charge is 2.06. The maximum atomic E-state index is 11.8. The minimum atomic E-state index is -0.261. The highest BCUT2D eigenvalue weighted by molar-refractivity contribution is 7.80. The van der Waals surface area contributed by atoms with Crippen LogP contribution in [0.4, 0.5) is 0 Å². The van der Waals surface area contributed by atoms with E-state index < -0.39 is 0 Å². The van der Waals surface area contributed by atoms with Gasteiger partial charge in [0.05, 0.1) is 0 Å². The van der Waals surface area contributed by atoms with Crippen LogP contribution in [0.5, 0.6) is 11.5 Å². The molecule has 5 nitrogen and oxygen atoms in total. The second-order valence-electron chi connectivity index (χ2n) is 4.57. The lowest BCUT2D eigenvalue weighted by atomic mass is 10.2. The van der Waals surface area contributed by atoms with Crippen LogP contribution in [-0.4, -0.2) is 31.3 Å². The third-order valence-corrected chi connectivity index (χ3v) is 3.24. The van der Waals surface area contributed by atoms with Crippen LogP contribution in [0.3, 0.4) is 0 Å². The van der Waals surface area contributed by atoms with Crippen molar-refractivity contribution in [3.05, 3.63) is 60.2 Å². The molecule has 6 heteroatoms. The van der Waals surface area contributed by atoms with E-state index in [1.54, 1.807) is 31.3 Å². The van der Waals surface area contributed by atoms with Crippen LogP contribution in [0.15, 0.2) is 54.6 Å². The number of amides is 1. The number of carbonyl (C=O) groups excluding carboxylic acids is 1. The molecule has 0 atom stereocenters. The molecule has 2 aromatic rings. The summed E-state index contributed by atoms with van der Waals surface area (Å²) in [7, 11) is 1.65. The van der Waals surface area contributed by atoms with Gasteiger partial charge >= 0.3 is 0 Å². The van der Waals surface area contributed by atoms with Crippen LogP contribution in [0.25, 0.3) is 0 Å². The van der Waals surface area contributed by atoms with Crippen LogP contribution in [0, 0.1) is 0 Å². The fourth-order valence-corrected chi connectivity index (χ4v) is 1.87. The van der Waals surface area contributed by atoms with Gasteiger partial charge in [0.15, 0.2) is 5.11 Å². The first kappa shape index (κ1) is 16.8. The summed E-state index contributed by atoms with van der Waals surface area (Å²) in [6.45, 7) is 0.868. The number of benzene rings is 2. The second kappa shape index (κ2) is 8.75. The van der Waals surface area contributed by atoms with Gasteiger partial charge in [-0.15, -0.1) is 0 Å². The van der Waals surface area contributed by atoms with Crippen molar-refractivity contribution in [2.75, 3.05) is 20.3 Å². The monoisotopic (exact) mass is 330 g/mol. The van der Waals surface area contributed by atoms with Crippen molar-refractivity contribution in [3.63, 3.8) is 0 Å². The van der Waals surface area contributed by atoms with Crippen molar-refractivity contribution < 1.29 is 14.3 Å². The molecule has 0 aliphatic heterocycles. The van der Waals surface area contributed by atoms with E-state index in [1.165, 1.54) is 0 Å². The first-order chi connectivity index (χ1) is 11.2.